The van der Waals surface area contributed by atoms with Crippen molar-refractivity contribution in [2.75, 3.05) is 0 Å². The lowest BCUT2D eigenvalue weighted by Crippen LogP contribution is -2.15. The first kappa shape index (κ1) is 10.8. The minimum atomic E-state index is 0.0675. The molecule has 0 bridgehead atoms. The van der Waals surface area contributed by atoms with Gasteiger partial charge in [-0.15, -0.1) is 6.58 Å². The molecule has 14 heavy (non-hydrogen) atoms. The summed E-state index contributed by atoms with van der Waals surface area (Å²) in [5, 5.41) is 3.07. The van der Waals surface area contributed by atoms with Crippen LogP contribution in [0.25, 0.3) is 0 Å². The average Bonchev–Trinajstić information content (AvgIpc) is 2.48. The number of aryl methyl sites for hydroxylation is 1. The predicted molar refractivity (Wildman–Crippen MR) is 58.5 cm³/mol. The van der Waals surface area contributed by atoms with Crippen molar-refractivity contribution in [1.29, 1.82) is 0 Å². The summed E-state index contributed by atoms with van der Waals surface area (Å²) in [4.78, 5) is 11.4. The first-order valence-electron chi connectivity index (χ1n) is 5.17. The van der Waals surface area contributed by atoms with Gasteiger partial charge in [-0.25, -0.2) is 0 Å². The van der Waals surface area contributed by atoms with E-state index in [0.29, 0.717) is 0 Å². The molecule has 0 radical (unpaired) electrons. The summed E-state index contributed by atoms with van der Waals surface area (Å²) in [6.45, 7) is 6.59. The lowest BCUT2D eigenvalue weighted by Gasteiger charge is -2.00. The van der Waals surface area contributed by atoms with Gasteiger partial charge in [0, 0.05) is 24.7 Å². The van der Waals surface area contributed by atoms with Crippen molar-refractivity contribution in [3.8, 4) is 0 Å². The lowest BCUT2D eigenvalue weighted by atomic mass is 10.2. The zero-order valence-electron chi connectivity index (χ0n) is 8.75. The van der Waals surface area contributed by atoms with Crippen molar-refractivity contribution >= 4 is 0 Å². The monoisotopic (exact) mass is 194 g/mol. The van der Waals surface area contributed by atoms with Gasteiger partial charge < -0.3 is 0 Å². The molecule has 0 saturated carbocycles. The minimum Gasteiger partial charge on any atom is -0.299 e. The summed E-state index contributed by atoms with van der Waals surface area (Å²) in [5.41, 5.74) is 1.01. The Morgan fingerprint density at radius 1 is 1.57 bits per heavy atom. The number of unbranched alkanes of at least 4 members (excludes halogenated alkanes) is 2. The molecule has 0 amide bonds. The zero-order chi connectivity index (χ0) is 10.4. The van der Waals surface area contributed by atoms with Crippen LogP contribution < -0.4 is 5.56 Å². The van der Waals surface area contributed by atoms with Gasteiger partial charge in [-0.3, -0.25) is 14.6 Å². The number of nitrogens with one attached hydrogen (secondary N) is 1. The highest BCUT2D eigenvalue weighted by Gasteiger charge is 2.00. The fourth-order valence-electron chi connectivity index (χ4n) is 1.43. The van der Waals surface area contributed by atoms with Crippen LogP contribution in [0.1, 0.15) is 31.9 Å². The van der Waals surface area contributed by atoms with Gasteiger partial charge in [-0.2, -0.15) is 0 Å². The van der Waals surface area contributed by atoms with Crippen molar-refractivity contribution in [2.45, 2.75) is 39.2 Å². The molecule has 1 aromatic rings. The second-order valence-corrected chi connectivity index (χ2v) is 3.47. The van der Waals surface area contributed by atoms with Crippen LogP contribution in [0.5, 0.6) is 0 Å². The van der Waals surface area contributed by atoms with Crippen molar-refractivity contribution in [1.82, 2.24) is 9.78 Å². The van der Waals surface area contributed by atoms with Crippen LogP contribution in [0.2, 0.25) is 0 Å². The maximum absolute atomic E-state index is 11.4. The highest BCUT2D eigenvalue weighted by atomic mass is 16.1. The average molecular weight is 194 g/mol. The molecule has 0 aliphatic heterocycles. The molecular formula is C11H18N2O. The molecule has 0 aliphatic rings. The Bertz CT molecular complexity index is 335. The highest BCUT2D eigenvalue weighted by Crippen LogP contribution is 1.97. The van der Waals surface area contributed by atoms with Crippen LogP contribution in [0.4, 0.5) is 0 Å². The Morgan fingerprint density at radius 2 is 2.36 bits per heavy atom. The van der Waals surface area contributed by atoms with Crippen LogP contribution in [-0.4, -0.2) is 9.78 Å². The molecule has 1 heterocycles. The van der Waals surface area contributed by atoms with Crippen LogP contribution in [0, 0.1) is 0 Å². The third-order valence-corrected chi connectivity index (χ3v) is 2.19. The maximum Gasteiger partial charge on any atom is 0.266 e. The van der Waals surface area contributed by atoms with Gasteiger partial charge in [-0.1, -0.05) is 25.8 Å². The van der Waals surface area contributed by atoms with E-state index in [-0.39, 0.29) is 5.56 Å². The predicted octanol–water partition coefficient (Wildman–Crippen LogP) is 2.10. The molecule has 0 saturated heterocycles. The van der Waals surface area contributed by atoms with Crippen LogP contribution in [-0.2, 0) is 13.0 Å². The summed E-state index contributed by atoms with van der Waals surface area (Å²) in [7, 11) is 0. The first-order valence-corrected chi connectivity index (χ1v) is 5.17. The topological polar surface area (TPSA) is 37.8 Å². The molecule has 0 aliphatic carbocycles. The fourth-order valence-corrected chi connectivity index (χ4v) is 1.43. The van der Waals surface area contributed by atoms with E-state index >= 15 is 0 Å². The Kier molecular flexibility index (Phi) is 4.23. The molecule has 78 valence electrons. The third kappa shape index (κ3) is 2.91. The van der Waals surface area contributed by atoms with E-state index in [1.807, 2.05) is 0 Å². The number of aromatic amines is 1. The van der Waals surface area contributed by atoms with Gasteiger partial charge >= 0.3 is 0 Å². The van der Waals surface area contributed by atoms with Gasteiger partial charge in [0.2, 0.25) is 0 Å². The lowest BCUT2D eigenvalue weighted by molar-refractivity contribution is 0.537. The molecule has 3 nitrogen and oxygen atoms in total. The molecule has 3 heteroatoms. The van der Waals surface area contributed by atoms with Gasteiger partial charge in [0.25, 0.3) is 5.56 Å². The summed E-state index contributed by atoms with van der Waals surface area (Å²) in [6, 6.07) is 1.65. The summed E-state index contributed by atoms with van der Waals surface area (Å²) >= 11 is 0. The van der Waals surface area contributed by atoms with E-state index < -0.39 is 0 Å². The second kappa shape index (κ2) is 5.47. The number of allylic oxidation sites excluding steroid dienone is 1. The number of nitrogens with zero attached hydrogens (tertiary/aromatic N) is 1. The van der Waals surface area contributed by atoms with Gasteiger partial charge in [0.15, 0.2) is 0 Å². The van der Waals surface area contributed by atoms with Gasteiger partial charge in [0.05, 0.1) is 0 Å². The van der Waals surface area contributed by atoms with Crippen LogP contribution in [0.3, 0.4) is 0 Å². The quantitative estimate of drug-likeness (QED) is 0.546. The molecule has 1 rings (SSSR count). The van der Waals surface area contributed by atoms with E-state index in [2.05, 4.69) is 18.6 Å². The zero-order valence-corrected chi connectivity index (χ0v) is 8.75. The normalized spacial score (nSPS) is 10.4. The van der Waals surface area contributed by atoms with E-state index in [1.165, 1.54) is 12.8 Å². The van der Waals surface area contributed by atoms with Crippen molar-refractivity contribution in [3.63, 3.8) is 0 Å². The van der Waals surface area contributed by atoms with Gasteiger partial charge in [0.1, 0.15) is 0 Å². The maximum atomic E-state index is 11.4. The summed E-state index contributed by atoms with van der Waals surface area (Å²) in [5.74, 6) is 0. The standard InChI is InChI=1S/C11H18N2O/c1-3-5-6-8-13-11(14)9-10(12-13)7-4-2/h4,9,12H,2-3,5-8H2,1H3. The number of hydrogen-bond acceptors (Lipinski definition) is 1. The van der Waals surface area contributed by atoms with Crippen molar-refractivity contribution in [3.05, 3.63) is 34.8 Å². The van der Waals surface area contributed by atoms with Crippen LogP contribution in [0.15, 0.2) is 23.5 Å². The summed E-state index contributed by atoms with van der Waals surface area (Å²) in [6.07, 6.45) is 5.93. The number of hydrogen-bond donors (Lipinski definition) is 1. The summed E-state index contributed by atoms with van der Waals surface area (Å²) < 4.78 is 1.68. The molecule has 0 fully saturated rings. The Balaban J connectivity index is 2.58. The number of H-pyrrole nitrogens is 1. The molecular weight excluding hydrogens is 176 g/mol. The smallest absolute Gasteiger partial charge is 0.266 e. The molecule has 1 N–H and O–H groups in total. The third-order valence-electron chi connectivity index (χ3n) is 2.19. The van der Waals surface area contributed by atoms with E-state index in [9.17, 15) is 4.79 Å². The number of aromatic nitrogens is 2. The Morgan fingerprint density at radius 3 is 3.00 bits per heavy atom. The molecule has 0 aromatic carbocycles. The fraction of sp³-hybridized carbons (Fsp3) is 0.545. The Hall–Kier alpha value is -1.25. The highest BCUT2D eigenvalue weighted by molar-refractivity contribution is 5.03. The minimum absolute atomic E-state index is 0.0675. The first-order chi connectivity index (χ1) is 6.77. The van der Waals surface area contributed by atoms with Gasteiger partial charge in [-0.05, 0) is 6.42 Å². The molecule has 0 atom stereocenters. The second-order valence-electron chi connectivity index (χ2n) is 3.47. The van der Waals surface area contributed by atoms with E-state index in [0.717, 1.165) is 25.1 Å². The number of rotatable bonds is 6. The van der Waals surface area contributed by atoms with Crippen molar-refractivity contribution in [2.24, 2.45) is 0 Å². The van der Waals surface area contributed by atoms with E-state index in [1.54, 1.807) is 16.8 Å². The molecule has 0 unspecified atom stereocenters. The SMILES string of the molecule is C=CCc1cc(=O)n(CCCCC)[nH]1. The van der Waals surface area contributed by atoms with E-state index in [4.69, 9.17) is 0 Å². The largest absolute Gasteiger partial charge is 0.299 e. The molecule has 0 spiro atoms. The van der Waals surface area contributed by atoms with Crippen LogP contribution >= 0.6 is 0 Å². The molecule has 1 aromatic heterocycles. The Labute approximate surface area is 84.4 Å². The van der Waals surface area contributed by atoms with Crippen molar-refractivity contribution < 1.29 is 0 Å².